The van der Waals surface area contributed by atoms with Crippen LogP contribution in [0.1, 0.15) is 28.6 Å². The van der Waals surface area contributed by atoms with E-state index in [1.807, 2.05) is 50.2 Å². The average molecular weight is 243 g/mol. The van der Waals surface area contributed by atoms with Crippen LogP contribution in [0.2, 0.25) is 0 Å². The van der Waals surface area contributed by atoms with Crippen molar-refractivity contribution in [3.05, 3.63) is 58.9 Å². The SMILES string of the molecule is COc1ccc(C(O)c2cc(C)nc(C)c2)cc1. The van der Waals surface area contributed by atoms with Gasteiger partial charge < -0.3 is 9.84 Å². The maximum absolute atomic E-state index is 10.3. The molecule has 0 radical (unpaired) electrons. The van der Waals surface area contributed by atoms with Crippen LogP contribution in [-0.2, 0) is 0 Å². The summed E-state index contributed by atoms with van der Waals surface area (Å²) in [7, 11) is 1.63. The Kier molecular flexibility index (Phi) is 3.63. The van der Waals surface area contributed by atoms with Gasteiger partial charge >= 0.3 is 0 Å². The smallest absolute Gasteiger partial charge is 0.118 e. The van der Waals surface area contributed by atoms with Gasteiger partial charge in [-0.3, -0.25) is 4.98 Å². The van der Waals surface area contributed by atoms with Crippen molar-refractivity contribution >= 4 is 0 Å². The first-order chi connectivity index (χ1) is 8.60. The molecule has 0 aliphatic carbocycles. The summed E-state index contributed by atoms with van der Waals surface area (Å²) in [6.45, 7) is 3.86. The normalized spacial score (nSPS) is 12.2. The molecule has 94 valence electrons. The molecular formula is C15H17NO2. The number of benzene rings is 1. The van der Waals surface area contributed by atoms with Crippen molar-refractivity contribution in [3.8, 4) is 5.75 Å². The molecule has 0 saturated heterocycles. The second-order valence-electron chi connectivity index (χ2n) is 4.36. The summed E-state index contributed by atoms with van der Waals surface area (Å²) >= 11 is 0. The van der Waals surface area contributed by atoms with Gasteiger partial charge in [-0.1, -0.05) is 12.1 Å². The summed E-state index contributed by atoms with van der Waals surface area (Å²) in [4.78, 5) is 4.31. The first kappa shape index (κ1) is 12.6. The molecule has 2 aromatic rings. The summed E-state index contributed by atoms with van der Waals surface area (Å²) in [6.07, 6.45) is -0.628. The topological polar surface area (TPSA) is 42.4 Å². The molecule has 0 saturated carbocycles. The summed E-state index contributed by atoms with van der Waals surface area (Å²) in [5.74, 6) is 0.785. The van der Waals surface area contributed by atoms with Gasteiger partial charge in [-0.15, -0.1) is 0 Å². The van der Waals surface area contributed by atoms with Crippen molar-refractivity contribution in [2.24, 2.45) is 0 Å². The fraction of sp³-hybridized carbons (Fsp3) is 0.267. The van der Waals surface area contributed by atoms with Gasteiger partial charge in [0.15, 0.2) is 0 Å². The molecule has 3 nitrogen and oxygen atoms in total. The molecule has 1 N–H and O–H groups in total. The Hall–Kier alpha value is -1.87. The van der Waals surface area contributed by atoms with E-state index in [9.17, 15) is 5.11 Å². The summed E-state index contributed by atoms with van der Waals surface area (Å²) in [5.41, 5.74) is 3.54. The van der Waals surface area contributed by atoms with Crippen LogP contribution < -0.4 is 4.74 Å². The molecule has 0 aliphatic rings. The zero-order valence-corrected chi connectivity index (χ0v) is 10.8. The van der Waals surface area contributed by atoms with E-state index in [-0.39, 0.29) is 0 Å². The number of ether oxygens (including phenoxy) is 1. The highest BCUT2D eigenvalue weighted by Crippen LogP contribution is 2.24. The number of hydrogen-bond donors (Lipinski definition) is 1. The van der Waals surface area contributed by atoms with Gasteiger partial charge in [0.05, 0.1) is 7.11 Å². The lowest BCUT2D eigenvalue weighted by Gasteiger charge is -2.13. The number of aliphatic hydroxyl groups excluding tert-OH is 1. The van der Waals surface area contributed by atoms with Crippen LogP contribution in [0.3, 0.4) is 0 Å². The fourth-order valence-corrected chi connectivity index (χ4v) is 2.00. The van der Waals surface area contributed by atoms with E-state index in [1.165, 1.54) is 0 Å². The highest BCUT2D eigenvalue weighted by atomic mass is 16.5. The molecule has 1 heterocycles. The monoisotopic (exact) mass is 243 g/mol. The number of methoxy groups -OCH3 is 1. The van der Waals surface area contributed by atoms with Crippen LogP contribution >= 0.6 is 0 Å². The maximum atomic E-state index is 10.3. The molecule has 0 bridgehead atoms. The lowest BCUT2D eigenvalue weighted by molar-refractivity contribution is 0.220. The minimum Gasteiger partial charge on any atom is -0.497 e. The molecule has 3 heteroatoms. The lowest BCUT2D eigenvalue weighted by Crippen LogP contribution is -2.02. The standard InChI is InChI=1S/C15H17NO2/c1-10-8-13(9-11(2)16-10)15(17)12-4-6-14(18-3)7-5-12/h4-9,15,17H,1-3H3. The van der Waals surface area contributed by atoms with Crippen LogP contribution in [0.4, 0.5) is 0 Å². The van der Waals surface area contributed by atoms with Crippen LogP contribution in [0.25, 0.3) is 0 Å². The zero-order valence-electron chi connectivity index (χ0n) is 10.8. The lowest BCUT2D eigenvalue weighted by atomic mass is 10.0. The first-order valence-corrected chi connectivity index (χ1v) is 5.87. The molecule has 1 aromatic heterocycles. The number of aryl methyl sites for hydroxylation is 2. The number of pyridine rings is 1. The number of hydrogen-bond acceptors (Lipinski definition) is 3. The van der Waals surface area contributed by atoms with Gasteiger partial charge in [-0.05, 0) is 49.2 Å². The van der Waals surface area contributed by atoms with Gasteiger partial charge in [0.1, 0.15) is 11.9 Å². The van der Waals surface area contributed by atoms with Crippen molar-refractivity contribution in [2.45, 2.75) is 20.0 Å². The Morgan fingerprint density at radius 1 is 1.00 bits per heavy atom. The van der Waals surface area contributed by atoms with Gasteiger partial charge in [0.25, 0.3) is 0 Å². The second kappa shape index (κ2) is 5.19. The number of aromatic nitrogens is 1. The third kappa shape index (κ3) is 2.68. The number of nitrogens with zero attached hydrogens (tertiary/aromatic N) is 1. The van der Waals surface area contributed by atoms with Gasteiger partial charge in [0, 0.05) is 11.4 Å². The van der Waals surface area contributed by atoms with E-state index in [1.54, 1.807) is 7.11 Å². The Morgan fingerprint density at radius 2 is 1.56 bits per heavy atom. The van der Waals surface area contributed by atoms with E-state index in [4.69, 9.17) is 4.74 Å². The van der Waals surface area contributed by atoms with Crippen molar-refractivity contribution in [1.29, 1.82) is 0 Å². The molecule has 0 spiro atoms. The van der Waals surface area contributed by atoms with Gasteiger partial charge in [-0.25, -0.2) is 0 Å². The minimum absolute atomic E-state index is 0.628. The predicted molar refractivity (Wildman–Crippen MR) is 70.8 cm³/mol. The van der Waals surface area contributed by atoms with Crippen LogP contribution in [0.5, 0.6) is 5.75 Å². The molecule has 1 unspecified atom stereocenters. The fourth-order valence-electron chi connectivity index (χ4n) is 2.00. The first-order valence-electron chi connectivity index (χ1n) is 5.87. The highest BCUT2D eigenvalue weighted by molar-refractivity contribution is 5.35. The number of aliphatic hydroxyl groups is 1. The van der Waals surface area contributed by atoms with Gasteiger partial charge in [-0.2, -0.15) is 0 Å². The summed E-state index contributed by atoms with van der Waals surface area (Å²) in [5, 5.41) is 10.3. The largest absolute Gasteiger partial charge is 0.497 e. The van der Waals surface area contributed by atoms with E-state index in [0.717, 1.165) is 28.3 Å². The average Bonchev–Trinajstić information content (AvgIpc) is 2.37. The zero-order chi connectivity index (χ0) is 13.1. The molecule has 2 rings (SSSR count). The van der Waals surface area contributed by atoms with Crippen LogP contribution in [0, 0.1) is 13.8 Å². The maximum Gasteiger partial charge on any atom is 0.118 e. The van der Waals surface area contributed by atoms with E-state index >= 15 is 0 Å². The molecular weight excluding hydrogens is 226 g/mol. The third-order valence-electron chi connectivity index (χ3n) is 2.85. The van der Waals surface area contributed by atoms with Crippen molar-refractivity contribution in [1.82, 2.24) is 4.98 Å². The quantitative estimate of drug-likeness (QED) is 0.901. The molecule has 0 aliphatic heterocycles. The van der Waals surface area contributed by atoms with E-state index < -0.39 is 6.10 Å². The van der Waals surface area contributed by atoms with Crippen molar-refractivity contribution in [3.63, 3.8) is 0 Å². The van der Waals surface area contributed by atoms with Crippen LogP contribution in [-0.4, -0.2) is 17.2 Å². The van der Waals surface area contributed by atoms with Crippen molar-refractivity contribution < 1.29 is 9.84 Å². The highest BCUT2D eigenvalue weighted by Gasteiger charge is 2.11. The third-order valence-corrected chi connectivity index (χ3v) is 2.85. The molecule has 1 atom stereocenters. The Balaban J connectivity index is 2.31. The summed E-state index contributed by atoms with van der Waals surface area (Å²) < 4.78 is 5.10. The Bertz CT molecular complexity index is 514. The van der Waals surface area contributed by atoms with Crippen LogP contribution in [0.15, 0.2) is 36.4 Å². The molecule has 18 heavy (non-hydrogen) atoms. The Labute approximate surface area is 107 Å². The molecule has 0 amide bonds. The molecule has 1 aromatic carbocycles. The Morgan fingerprint density at radius 3 is 2.06 bits per heavy atom. The minimum atomic E-state index is -0.628. The summed E-state index contributed by atoms with van der Waals surface area (Å²) in [6, 6.07) is 11.2. The van der Waals surface area contributed by atoms with E-state index in [0.29, 0.717) is 0 Å². The second-order valence-corrected chi connectivity index (χ2v) is 4.36. The van der Waals surface area contributed by atoms with E-state index in [2.05, 4.69) is 4.98 Å². The van der Waals surface area contributed by atoms with Gasteiger partial charge in [0.2, 0.25) is 0 Å². The van der Waals surface area contributed by atoms with Crippen molar-refractivity contribution in [2.75, 3.05) is 7.11 Å². The number of rotatable bonds is 3. The predicted octanol–water partition coefficient (Wildman–Crippen LogP) is 2.79. The molecule has 0 fully saturated rings.